The number of carbonyl (C=O) groups excluding carboxylic acids is 1. The van der Waals surface area contributed by atoms with Crippen molar-refractivity contribution in [2.75, 3.05) is 33.3 Å². The average Bonchev–Trinajstić information content (AvgIpc) is 3.20. The van der Waals surface area contributed by atoms with Crippen LogP contribution in [0.4, 0.5) is 0 Å². The van der Waals surface area contributed by atoms with Crippen molar-refractivity contribution >= 4 is 28.9 Å². The number of carbonyl (C=O) groups is 1. The van der Waals surface area contributed by atoms with E-state index in [-0.39, 0.29) is 12.0 Å². The summed E-state index contributed by atoms with van der Waals surface area (Å²) >= 11 is 1.46. The van der Waals surface area contributed by atoms with Gasteiger partial charge in [0, 0.05) is 38.3 Å². The van der Waals surface area contributed by atoms with Gasteiger partial charge in [0.05, 0.1) is 12.0 Å². The van der Waals surface area contributed by atoms with Crippen molar-refractivity contribution in [2.45, 2.75) is 19.6 Å². The highest BCUT2D eigenvalue weighted by atomic mass is 32.2. The minimum atomic E-state index is -0.180. The molecule has 3 heterocycles. The van der Waals surface area contributed by atoms with Crippen LogP contribution in [-0.4, -0.2) is 60.3 Å². The molecule has 5 rings (SSSR count). The van der Waals surface area contributed by atoms with Crippen LogP contribution in [0, 0.1) is 0 Å². The molecule has 1 saturated heterocycles. The zero-order valence-electron chi connectivity index (χ0n) is 18.9. The van der Waals surface area contributed by atoms with Crippen molar-refractivity contribution in [1.29, 1.82) is 0 Å². The summed E-state index contributed by atoms with van der Waals surface area (Å²) in [6.45, 7) is 6.59. The number of thioether (sulfide) groups is 1. The number of amidine groups is 1. The summed E-state index contributed by atoms with van der Waals surface area (Å²) in [6.07, 6.45) is 3.80. The predicted octanol–water partition coefficient (Wildman–Crippen LogP) is 4.19. The lowest BCUT2D eigenvalue weighted by Crippen LogP contribution is -2.47. The smallest absolute Gasteiger partial charge is 0.286 e. The van der Waals surface area contributed by atoms with E-state index in [9.17, 15) is 4.79 Å². The average molecular weight is 462 g/mol. The number of piperazine rings is 1. The Labute approximate surface area is 198 Å². The Kier molecular flexibility index (Phi) is 6.24. The number of ether oxygens (including phenoxy) is 2. The molecular weight excluding hydrogens is 434 g/mol. The summed E-state index contributed by atoms with van der Waals surface area (Å²) < 4.78 is 11.5. The zero-order chi connectivity index (χ0) is 22.8. The molecule has 0 saturated carbocycles. The van der Waals surface area contributed by atoms with Gasteiger partial charge in [-0.2, -0.15) is 4.99 Å². The maximum atomic E-state index is 12.7. The SMILES string of the molecule is COc1cccc2c1OC(C)C(/C=C1\SC(N3CCN(Cc4ccccc4)CC3)=NC1=O)=C2. The standard InChI is InChI=1S/C26H27N3O3S/c1-18-21(15-20-9-6-10-22(31-2)24(20)32-18)16-23-25(30)27-26(33-23)29-13-11-28(12-14-29)17-19-7-4-3-5-8-19/h3-10,15-16,18H,11-14,17H2,1-2H3/b23-16-. The molecule has 0 aliphatic carbocycles. The number of fused-ring (bicyclic) bond motifs is 1. The number of amides is 1. The van der Waals surface area contributed by atoms with Crippen molar-refractivity contribution in [3.63, 3.8) is 0 Å². The summed E-state index contributed by atoms with van der Waals surface area (Å²) in [5, 5.41) is 0.803. The summed E-state index contributed by atoms with van der Waals surface area (Å²) in [6, 6.07) is 16.4. The Bertz CT molecular complexity index is 1130. The first-order valence-electron chi connectivity index (χ1n) is 11.2. The van der Waals surface area contributed by atoms with E-state index < -0.39 is 0 Å². The third kappa shape index (κ3) is 4.70. The van der Waals surface area contributed by atoms with Gasteiger partial charge in [0.15, 0.2) is 16.7 Å². The largest absolute Gasteiger partial charge is 0.493 e. The second kappa shape index (κ2) is 9.45. The van der Waals surface area contributed by atoms with E-state index in [0.717, 1.165) is 54.8 Å². The minimum Gasteiger partial charge on any atom is -0.493 e. The van der Waals surface area contributed by atoms with Crippen molar-refractivity contribution < 1.29 is 14.3 Å². The van der Waals surface area contributed by atoms with Gasteiger partial charge in [-0.1, -0.05) is 42.5 Å². The molecule has 1 amide bonds. The van der Waals surface area contributed by atoms with Gasteiger partial charge in [-0.15, -0.1) is 0 Å². The first kappa shape index (κ1) is 21.8. The molecule has 0 bridgehead atoms. The van der Waals surface area contributed by atoms with Crippen LogP contribution in [0.25, 0.3) is 6.08 Å². The van der Waals surface area contributed by atoms with E-state index in [4.69, 9.17) is 9.47 Å². The summed E-state index contributed by atoms with van der Waals surface area (Å²) in [5.41, 5.74) is 3.23. The summed E-state index contributed by atoms with van der Waals surface area (Å²) in [7, 11) is 1.64. The van der Waals surface area contributed by atoms with Gasteiger partial charge in [0.25, 0.3) is 5.91 Å². The molecule has 0 radical (unpaired) electrons. The number of aliphatic imine (C=N–C) groups is 1. The van der Waals surface area contributed by atoms with Crippen LogP contribution in [0.3, 0.4) is 0 Å². The monoisotopic (exact) mass is 461 g/mol. The van der Waals surface area contributed by atoms with Crippen LogP contribution in [-0.2, 0) is 11.3 Å². The lowest BCUT2D eigenvalue weighted by Gasteiger charge is -2.35. The molecule has 3 aliphatic rings. The fourth-order valence-electron chi connectivity index (χ4n) is 4.26. The van der Waals surface area contributed by atoms with Crippen molar-refractivity contribution in [2.24, 2.45) is 4.99 Å². The molecule has 1 unspecified atom stereocenters. The molecule has 170 valence electrons. The predicted molar refractivity (Wildman–Crippen MR) is 132 cm³/mol. The quantitative estimate of drug-likeness (QED) is 0.637. The van der Waals surface area contributed by atoms with E-state index in [1.54, 1.807) is 7.11 Å². The molecular formula is C26H27N3O3S. The molecule has 33 heavy (non-hydrogen) atoms. The van der Waals surface area contributed by atoms with Gasteiger partial charge < -0.3 is 14.4 Å². The van der Waals surface area contributed by atoms with Gasteiger partial charge in [-0.25, -0.2) is 0 Å². The van der Waals surface area contributed by atoms with Crippen LogP contribution in [0.1, 0.15) is 18.1 Å². The Balaban J connectivity index is 1.24. The topological polar surface area (TPSA) is 54.4 Å². The highest BCUT2D eigenvalue weighted by molar-refractivity contribution is 8.18. The second-order valence-electron chi connectivity index (χ2n) is 8.34. The van der Waals surface area contributed by atoms with E-state index >= 15 is 0 Å². The van der Waals surface area contributed by atoms with Crippen LogP contribution in [0.2, 0.25) is 0 Å². The Morgan fingerprint density at radius 1 is 1.12 bits per heavy atom. The highest BCUT2D eigenvalue weighted by Gasteiger charge is 2.30. The van der Waals surface area contributed by atoms with Crippen LogP contribution >= 0.6 is 11.8 Å². The lowest BCUT2D eigenvalue weighted by molar-refractivity contribution is -0.113. The van der Waals surface area contributed by atoms with E-state index in [0.29, 0.717) is 10.7 Å². The molecule has 1 fully saturated rings. The molecule has 0 N–H and O–H groups in total. The molecule has 6 nitrogen and oxygen atoms in total. The maximum Gasteiger partial charge on any atom is 0.286 e. The molecule has 1 atom stereocenters. The molecule has 7 heteroatoms. The van der Waals surface area contributed by atoms with E-state index in [1.165, 1.54) is 17.3 Å². The Morgan fingerprint density at radius 3 is 2.67 bits per heavy atom. The second-order valence-corrected chi connectivity index (χ2v) is 9.35. The number of methoxy groups -OCH3 is 1. The van der Waals surface area contributed by atoms with E-state index in [2.05, 4.69) is 45.1 Å². The first-order chi connectivity index (χ1) is 16.1. The van der Waals surface area contributed by atoms with Gasteiger partial charge in [0.2, 0.25) is 0 Å². The molecule has 2 aromatic rings. The molecule has 2 aromatic carbocycles. The summed E-state index contributed by atoms with van der Waals surface area (Å²) in [4.78, 5) is 22.3. The number of nitrogens with zero attached hydrogens (tertiary/aromatic N) is 3. The number of benzene rings is 2. The molecule has 0 spiro atoms. The van der Waals surface area contributed by atoms with Crippen LogP contribution in [0.15, 0.2) is 70.1 Å². The van der Waals surface area contributed by atoms with Gasteiger partial charge in [0.1, 0.15) is 6.10 Å². The normalized spacial score (nSPS) is 22.0. The van der Waals surface area contributed by atoms with Crippen molar-refractivity contribution in [3.8, 4) is 11.5 Å². The first-order valence-corrected chi connectivity index (χ1v) is 12.0. The lowest BCUT2D eigenvalue weighted by atomic mass is 10.0. The van der Waals surface area contributed by atoms with Gasteiger partial charge >= 0.3 is 0 Å². The molecule has 3 aliphatic heterocycles. The van der Waals surface area contributed by atoms with Crippen LogP contribution in [0.5, 0.6) is 11.5 Å². The highest BCUT2D eigenvalue weighted by Crippen LogP contribution is 2.39. The fraction of sp³-hybridized carbons (Fsp3) is 0.308. The fourth-order valence-corrected chi connectivity index (χ4v) is 5.22. The third-order valence-electron chi connectivity index (χ3n) is 6.11. The number of para-hydroxylation sites is 1. The zero-order valence-corrected chi connectivity index (χ0v) is 19.7. The number of hydrogen-bond donors (Lipinski definition) is 0. The third-order valence-corrected chi connectivity index (χ3v) is 7.16. The van der Waals surface area contributed by atoms with Gasteiger partial charge in [-0.05, 0) is 48.0 Å². The maximum absolute atomic E-state index is 12.7. The van der Waals surface area contributed by atoms with Gasteiger partial charge in [-0.3, -0.25) is 9.69 Å². The van der Waals surface area contributed by atoms with Crippen LogP contribution < -0.4 is 9.47 Å². The van der Waals surface area contributed by atoms with E-state index in [1.807, 2.05) is 37.3 Å². The number of hydrogen-bond acceptors (Lipinski definition) is 6. The van der Waals surface area contributed by atoms with Crippen molar-refractivity contribution in [1.82, 2.24) is 9.80 Å². The van der Waals surface area contributed by atoms with Crippen molar-refractivity contribution in [3.05, 3.63) is 76.2 Å². The molecule has 0 aromatic heterocycles. The Morgan fingerprint density at radius 2 is 1.91 bits per heavy atom. The minimum absolute atomic E-state index is 0.175. The summed E-state index contributed by atoms with van der Waals surface area (Å²) in [5.74, 6) is 1.28. The number of rotatable bonds is 4. The Hall–Kier alpha value is -3.03.